The second kappa shape index (κ2) is 3.38. The summed E-state index contributed by atoms with van der Waals surface area (Å²) in [5.74, 6) is 3.39. The van der Waals surface area contributed by atoms with Crippen LogP contribution in [0.3, 0.4) is 0 Å². The lowest BCUT2D eigenvalue weighted by Gasteiger charge is -2.40. The van der Waals surface area contributed by atoms with Gasteiger partial charge in [0.25, 0.3) is 0 Å². The molecule has 0 heterocycles. The van der Waals surface area contributed by atoms with Gasteiger partial charge >= 0.3 is 0 Å². The minimum absolute atomic E-state index is 0.635. The Labute approximate surface area is 76.2 Å². The SMILES string of the molecule is CC1CC(S)C(C)C(C)C1C. The average Bonchev–Trinajstić information content (AvgIpc) is 1.97. The van der Waals surface area contributed by atoms with Gasteiger partial charge in [0.15, 0.2) is 0 Å². The van der Waals surface area contributed by atoms with E-state index >= 15 is 0 Å². The first-order valence-electron chi connectivity index (χ1n) is 4.72. The lowest BCUT2D eigenvalue weighted by molar-refractivity contribution is 0.145. The minimum Gasteiger partial charge on any atom is -0.176 e. The van der Waals surface area contributed by atoms with Crippen LogP contribution in [0.25, 0.3) is 0 Å². The van der Waals surface area contributed by atoms with Crippen LogP contribution >= 0.6 is 12.6 Å². The Morgan fingerprint density at radius 3 is 2.00 bits per heavy atom. The van der Waals surface area contributed by atoms with Gasteiger partial charge in [-0.2, -0.15) is 12.6 Å². The summed E-state index contributed by atoms with van der Waals surface area (Å²) in [4.78, 5) is 0. The summed E-state index contributed by atoms with van der Waals surface area (Å²) in [7, 11) is 0. The zero-order valence-corrected chi connectivity index (χ0v) is 8.94. The Bertz CT molecular complexity index is 119. The molecule has 0 nitrogen and oxygen atoms in total. The van der Waals surface area contributed by atoms with Crippen LogP contribution in [0, 0.1) is 23.7 Å². The van der Waals surface area contributed by atoms with Crippen LogP contribution in [0.4, 0.5) is 0 Å². The molecule has 66 valence electrons. The maximum atomic E-state index is 4.62. The summed E-state index contributed by atoms with van der Waals surface area (Å²) >= 11 is 4.62. The highest BCUT2D eigenvalue weighted by atomic mass is 32.1. The molecule has 11 heavy (non-hydrogen) atoms. The van der Waals surface area contributed by atoms with Crippen LogP contribution in [-0.2, 0) is 0 Å². The lowest BCUT2D eigenvalue weighted by atomic mass is 9.69. The number of hydrogen-bond acceptors (Lipinski definition) is 1. The fourth-order valence-electron chi connectivity index (χ4n) is 2.16. The largest absolute Gasteiger partial charge is 0.176 e. The molecule has 1 aliphatic carbocycles. The van der Waals surface area contributed by atoms with E-state index in [1.165, 1.54) is 6.42 Å². The molecule has 1 aliphatic rings. The van der Waals surface area contributed by atoms with E-state index in [9.17, 15) is 0 Å². The first-order valence-corrected chi connectivity index (χ1v) is 5.23. The molecule has 5 atom stereocenters. The van der Waals surface area contributed by atoms with Crippen LogP contribution in [-0.4, -0.2) is 5.25 Å². The zero-order chi connectivity index (χ0) is 8.59. The highest BCUT2D eigenvalue weighted by Gasteiger charge is 2.33. The van der Waals surface area contributed by atoms with E-state index < -0.39 is 0 Å². The second-order valence-electron chi connectivity index (χ2n) is 4.36. The molecule has 0 aromatic rings. The van der Waals surface area contributed by atoms with Crippen molar-refractivity contribution in [2.45, 2.75) is 39.4 Å². The van der Waals surface area contributed by atoms with E-state index in [-0.39, 0.29) is 0 Å². The van der Waals surface area contributed by atoms with Crippen molar-refractivity contribution in [2.24, 2.45) is 23.7 Å². The van der Waals surface area contributed by atoms with E-state index in [1.807, 2.05) is 0 Å². The van der Waals surface area contributed by atoms with Gasteiger partial charge in [-0.1, -0.05) is 27.7 Å². The number of thiol groups is 1. The topological polar surface area (TPSA) is 0 Å². The standard InChI is InChI=1S/C10H20S/c1-6-5-10(11)9(4)8(3)7(6)2/h6-11H,5H2,1-4H3. The average molecular weight is 172 g/mol. The minimum atomic E-state index is 0.635. The maximum Gasteiger partial charge on any atom is 0.00477 e. The van der Waals surface area contributed by atoms with Gasteiger partial charge in [0.1, 0.15) is 0 Å². The molecule has 0 aliphatic heterocycles. The highest BCUT2D eigenvalue weighted by molar-refractivity contribution is 7.81. The smallest absolute Gasteiger partial charge is 0.00477 e. The number of rotatable bonds is 0. The van der Waals surface area contributed by atoms with E-state index in [0.29, 0.717) is 5.25 Å². The Hall–Kier alpha value is 0.350. The summed E-state index contributed by atoms with van der Waals surface area (Å²) in [6, 6.07) is 0. The van der Waals surface area contributed by atoms with Gasteiger partial charge in [-0.25, -0.2) is 0 Å². The summed E-state index contributed by atoms with van der Waals surface area (Å²) < 4.78 is 0. The molecule has 0 spiro atoms. The second-order valence-corrected chi connectivity index (χ2v) is 5.02. The molecule has 0 bridgehead atoms. The molecule has 0 radical (unpaired) electrons. The molecule has 1 rings (SSSR count). The Morgan fingerprint density at radius 2 is 1.45 bits per heavy atom. The normalized spacial score (nSPS) is 52.6. The van der Waals surface area contributed by atoms with Crippen molar-refractivity contribution in [3.63, 3.8) is 0 Å². The van der Waals surface area contributed by atoms with Gasteiger partial charge < -0.3 is 0 Å². The first-order chi connectivity index (χ1) is 5.04. The Morgan fingerprint density at radius 1 is 0.909 bits per heavy atom. The molecule has 0 amide bonds. The third-order valence-corrected chi connectivity index (χ3v) is 4.46. The first kappa shape index (κ1) is 9.44. The van der Waals surface area contributed by atoms with Gasteiger partial charge in [0, 0.05) is 5.25 Å². The van der Waals surface area contributed by atoms with E-state index in [1.54, 1.807) is 0 Å². The van der Waals surface area contributed by atoms with Gasteiger partial charge in [-0.3, -0.25) is 0 Å². The summed E-state index contributed by atoms with van der Waals surface area (Å²) in [6.07, 6.45) is 1.30. The van der Waals surface area contributed by atoms with Crippen molar-refractivity contribution in [2.75, 3.05) is 0 Å². The van der Waals surface area contributed by atoms with Gasteiger partial charge in [0.2, 0.25) is 0 Å². The van der Waals surface area contributed by atoms with Crippen LogP contribution in [0.15, 0.2) is 0 Å². The fraction of sp³-hybridized carbons (Fsp3) is 1.00. The molecule has 0 saturated heterocycles. The maximum absolute atomic E-state index is 4.62. The van der Waals surface area contributed by atoms with Crippen LogP contribution in [0.1, 0.15) is 34.1 Å². The molecule has 1 saturated carbocycles. The van der Waals surface area contributed by atoms with Crippen molar-refractivity contribution in [1.29, 1.82) is 0 Å². The Balaban J connectivity index is 2.63. The third-order valence-electron chi connectivity index (χ3n) is 3.78. The molecule has 1 fully saturated rings. The molecule has 0 N–H and O–H groups in total. The van der Waals surface area contributed by atoms with Crippen LogP contribution in [0.2, 0.25) is 0 Å². The zero-order valence-electron chi connectivity index (χ0n) is 8.04. The van der Waals surface area contributed by atoms with E-state index in [0.717, 1.165) is 23.7 Å². The quantitative estimate of drug-likeness (QED) is 0.533. The third kappa shape index (κ3) is 1.74. The van der Waals surface area contributed by atoms with Crippen molar-refractivity contribution in [3.05, 3.63) is 0 Å². The van der Waals surface area contributed by atoms with Crippen molar-refractivity contribution >= 4 is 12.6 Å². The molecule has 5 unspecified atom stereocenters. The summed E-state index contributed by atoms with van der Waals surface area (Å²) in [5, 5.41) is 0.635. The monoisotopic (exact) mass is 172 g/mol. The molecule has 0 aromatic heterocycles. The van der Waals surface area contributed by atoms with E-state index in [4.69, 9.17) is 0 Å². The van der Waals surface area contributed by atoms with Gasteiger partial charge in [-0.15, -0.1) is 0 Å². The summed E-state index contributed by atoms with van der Waals surface area (Å²) in [5.41, 5.74) is 0. The number of hydrogen-bond donors (Lipinski definition) is 1. The van der Waals surface area contributed by atoms with Gasteiger partial charge in [0.05, 0.1) is 0 Å². The highest BCUT2D eigenvalue weighted by Crippen LogP contribution is 2.40. The van der Waals surface area contributed by atoms with Crippen molar-refractivity contribution < 1.29 is 0 Å². The Kier molecular flexibility index (Phi) is 2.90. The molecule has 1 heteroatoms. The summed E-state index contributed by atoms with van der Waals surface area (Å²) in [6.45, 7) is 9.45. The lowest BCUT2D eigenvalue weighted by Crippen LogP contribution is -2.35. The van der Waals surface area contributed by atoms with Crippen molar-refractivity contribution in [1.82, 2.24) is 0 Å². The molecule has 0 aromatic carbocycles. The van der Waals surface area contributed by atoms with Crippen LogP contribution in [0.5, 0.6) is 0 Å². The van der Waals surface area contributed by atoms with E-state index in [2.05, 4.69) is 40.3 Å². The van der Waals surface area contributed by atoms with Gasteiger partial charge in [-0.05, 0) is 30.1 Å². The molecular formula is C10H20S. The van der Waals surface area contributed by atoms with Crippen molar-refractivity contribution in [3.8, 4) is 0 Å². The van der Waals surface area contributed by atoms with Crippen LogP contribution < -0.4 is 0 Å². The predicted octanol–water partition coefficient (Wildman–Crippen LogP) is 3.23. The predicted molar refractivity (Wildman–Crippen MR) is 54.0 cm³/mol. The molecular weight excluding hydrogens is 152 g/mol. The fourth-order valence-corrected chi connectivity index (χ4v) is 2.76.